The standard InChI is InChI=1S/C19H18F3NO2/c1-3-16(13-9-11-15(12-10-13)19(20,21)22)23(2)17(18(24)25)14-7-5-4-6-8-14/h3-12,16,24-25H,1H2,2H3. The maximum absolute atomic E-state index is 12.7. The van der Waals surface area contributed by atoms with Gasteiger partial charge in [0.15, 0.2) is 0 Å². The normalized spacial score (nSPS) is 12.3. The Balaban J connectivity index is 2.39. The minimum Gasteiger partial charge on any atom is -0.480 e. The molecule has 0 spiro atoms. The molecule has 2 rings (SSSR count). The smallest absolute Gasteiger partial charge is 0.416 e. The summed E-state index contributed by atoms with van der Waals surface area (Å²) in [5.74, 6) is -0.882. The van der Waals surface area contributed by atoms with Crippen LogP contribution in [0.15, 0.2) is 73.2 Å². The maximum Gasteiger partial charge on any atom is 0.416 e. The van der Waals surface area contributed by atoms with Gasteiger partial charge >= 0.3 is 6.18 Å². The Morgan fingerprint density at radius 3 is 2.04 bits per heavy atom. The van der Waals surface area contributed by atoms with Crippen LogP contribution < -0.4 is 0 Å². The number of rotatable bonds is 5. The number of aliphatic hydroxyl groups excluding tert-OH is 1. The molecule has 2 aromatic carbocycles. The summed E-state index contributed by atoms with van der Waals surface area (Å²) < 4.78 is 38.1. The van der Waals surface area contributed by atoms with Gasteiger partial charge < -0.3 is 15.1 Å². The van der Waals surface area contributed by atoms with Gasteiger partial charge in [0.25, 0.3) is 5.95 Å². The Kier molecular flexibility index (Phi) is 5.41. The lowest BCUT2D eigenvalue weighted by molar-refractivity contribution is -0.137. The second-order valence-electron chi connectivity index (χ2n) is 5.45. The fourth-order valence-corrected chi connectivity index (χ4v) is 2.61. The van der Waals surface area contributed by atoms with Crippen molar-refractivity contribution in [3.05, 3.63) is 89.9 Å². The second kappa shape index (κ2) is 7.34. The summed E-state index contributed by atoms with van der Waals surface area (Å²) >= 11 is 0. The molecule has 0 saturated carbocycles. The van der Waals surface area contributed by atoms with Crippen LogP contribution in [0.4, 0.5) is 13.2 Å². The zero-order chi connectivity index (χ0) is 18.6. The number of benzene rings is 2. The van der Waals surface area contributed by atoms with E-state index in [-0.39, 0.29) is 5.70 Å². The van der Waals surface area contributed by atoms with Crippen LogP contribution in [0.1, 0.15) is 22.7 Å². The van der Waals surface area contributed by atoms with E-state index in [0.717, 1.165) is 12.1 Å². The molecule has 0 fully saturated rings. The van der Waals surface area contributed by atoms with E-state index in [1.165, 1.54) is 18.2 Å². The molecule has 2 N–H and O–H groups in total. The van der Waals surface area contributed by atoms with E-state index in [0.29, 0.717) is 11.1 Å². The van der Waals surface area contributed by atoms with Crippen LogP contribution in [0.25, 0.3) is 5.70 Å². The molecule has 0 heterocycles. The van der Waals surface area contributed by atoms with Crippen molar-refractivity contribution < 1.29 is 23.4 Å². The van der Waals surface area contributed by atoms with Crippen molar-refractivity contribution in [3.63, 3.8) is 0 Å². The molecule has 3 nitrogen and oxygen atoms in total. The molecule has 0 saturated heterocycles. The van der Waals surface area contributed by atoms with E-state index in [4.69, 9.17) is 0 Å². The van der Waals surface area contributed by atoms with Crippen LogP contribution in [0.2, 0.25) is 0 Å². The molecule has 25 heavy (non-hydrogen) atoms. The van der Waals surface area contributed by atoms with E-state index >= 15 is 0 Å². The highest BCUT2D eigenvalue weighted by molar-refractivity contribution is 5.65. The fraction of sp³-hybridized carbons (Fsp3) is 0.158. The summed E-state index contributed by atoms with van der Waals surface area (Å²) in [7, 11) is 1.61. The number of hydrogen-bond acceptors (Lipinski definition) is 3. The third kappa shape index (κ3) is 4.15. The van der Waals surface area contributed by atoms with Gasteiger partial charge in [-0.1, -0.05) is 48.5 Å². The predicted octanol–water partition coefficient (Wildman–Crippen LogP) is 5.31. The Bertz CT molecular complexity index is 748. The third-order valence-electron chi connectivity index (χ3n) is 3.83. The monoisotopic (exact) mass is 349 g/mol. The van der Waals surface area contributed by atoms with Crippen LogP contribution in [0, 0.1) is 0 Å². The van der Waals surface area contributed by atoms with E-state index in [1.54, 1.807) is 42.3 Å². The first kappa shape index (κ1) is 18.4. The summed E-state index contributed by atoms with van der Waals surface area (Å²) in [6.07, 6.45) is -2.89. The van der Waals surface area contributed by atoms with Gasteiger partial charge in [0.05, 0.1) is 11.6 Å². The van der Waals surface area contributed by atoms with Gasteiger partial charge in [-0.2, -0.15) is 13.2 Å². The first-order valence-corrected chi connectivity index (χ1v) is 7.46. The third-order valence-corrected chi connectivity index (χ3v) is 3.83. The Morgan fingerprint density at radius 2 is 1.60 bits per heavy atom. The van der Waals surface area contributed by atoms with Crippen molar-refractivity contribution in [2.75, 3.05) is 7.05 Å². The quantitative estimate of drug-likeness (QED) is 0.568. The Morgan fingerprint density at radius 1 is 1.04 bits per heavy atom. The molecule has 1 atom stereocenters. The summed E-state index contributed by atoms with van der Waals surface area (Å²) in [6, 6.07) is 12.8. The minimum atomic E-state index is -4.41. The maximum atomic E-state index is 12.7. The average molecular weight is 349 g/mol. The zero-order valence-electron chi connectivity index (χ0n) is 13.5. The van der Waals surface area contributed by atoms with Gasteiger partial charge in [-0.05, 0) is 17.7 Å². The molecule has 0 amide bonds. The van der Waals surface area contributed by atoms with Crippen molar-refractivity contribution in [1.82, 2.24) is 4.90 Å². The molecular weight excluding hydrogens is 331 g/mol. The van der Waals surface area contributed by atoms with Crippen LogP contribution in [0.3, 0.4) is 0 Å². The summed E-state index contributed by atoms with van der Waals surface area (Å²) in [4.78, 5) is 1.54. The highest BCUT2D eigenvalue weighted by Crippen LogP contribution is 2.33. The first-order valence-electron chi connectivity index (χ1n) is 7.46. The van der Waals surface area contributed by atoms with E-state index in [9.17, 15) is 23.4 Å². The van der Waals surface area contributed by atoms with Crippen LogP contribution in [0.5, 0.6) is 0 Å². The topological polar surface area (TPSA) is 43.7 Å². The molecule has 0 aliphatic rings. The number of alkyl halides is 3. The van der Waals surface area contributed by atoms with Crippen molar-refractivity contribution in [2.45, 2.75) is 12.2 Å². The van der Waals surface area contributed by atoms with E-state index < -0.39 is 23.7 Å². The molecule has 0 radical (unpaired) electrons. The molecule has 1 unspecified atom stereocenters. The number of nitrogens with zero attached hydrogens (tertiary/aromatic N) is 1. The molecule has 6 heteroatoms. The molecule has 132 valence electrons. The van der Waals surface area contributed by atoms with E-state index in [2.05, 4.69) is 6.58 Å². The Hall–Kier alpha value is -2.89. The van der Waals surface area contributed by atoms with Crippen molar-refractivity contribution in [3.8, 4) is 0 Å². The molecule has 0 bridgehead atoms. The zero-order valence-corrected chi connectivity index (χ0v) is 13.5. The fourth-order valence-electron chi connectivity index (χ4n) is 2.61. The van der Waals surface area contributed by atoms with Gasteiger partial charge in [0, 0.05) is 12.6 Å². The number of halogens is 3. The lowest BCUT2D eigenvalue weighted by Gasteiger charge is -2.30. The Labute approximate surface area is 144 Å². The van der Waals surface area contributed by atoms with Gasteiger partial charge in [-0.25, -0.2) is 0 Å². The molecule has 0 aliphatic heterocycles. The lowest BCUT2D eigenvalue weighted by atomic mass is 10.0. The van der Waals surface area contributed by atoms with Gasteiger partial charge in [-0.3, -0.25) is 0 Å². The largest absolute Gasteiger partial charge is 0.480 e. The molecule has 0 aliphatic carbocycles. The minimum absolute atomic E-state index is 0.144. The van der Waals surface area contributed by atoms with Gasteiger partial charge in [0.1, 0.15) is 5.70 Å². The lowest BCUT2D eigenvalue weighted by Crippen LogP contribution is -2.23. The summed E-state index contributed by atoms with van der Waals surface area (Å²) in [6.45, 7) is 3.72. The van der Waals surface area contributed by atoms with Crippen LogP contribution >= 0.6 is 0 Å². The average Bonchev–Trinajstić information content (AvgIpc) is 2.56. The predicted molar refractivity (Wildman–Crippen MR) is 90.8 cm³/mol. The van der Waals surface area contributed by atoms with Crippen LogP contribution in [-0.4, -0.2) is 22.2 Å². The molecule has 0 aromatic heterocycles. The number of aliphatic hydroxyl groups is 2. The van der Waals surface area contributed by atoms with Gasteiger partial charge in [-0.15, -0.1) is 6.58 Å². The molecular formula is C19H18F3NO2. The van der Waals surface area contributed by atoms with Crippen molar-refractivity contribution in [1.29, 1.82) is 0 Å². The second-order valence-corrected chi connectivity index (χ2v) is 5.45. The van der Waals surface area contributed by atoms with Crippen molar-refractivity contribution in [2.24, 2.45) is 0 Å². The summed E-state index contributed by atoms with van der Waals surface area (Å²) in [5, 5.41) is 19.4. The van der Waals surface area contributed by atoms with Crippen LogP contribution in [-0.2, 0) is 6.18 Å². The number of likely N-dealkylation sites (N-methyl/N-ethyl adjacent to an activating group) is 1. The SMILES string of the molecule is C=CC(c1ccc(C(F)(F)F)cc1)N(C)C(=C(O)O)c1ccccc1. The highest BCUT2D eigenvalue weighted by atomic mass is 19.4. The molecule has 2 aromatic rings. The first-order chi connectivity index (χ1) is 11.8. The number of hydrogen-bond donors (Lipinski definition) is 2. The van der Waals surface area contributed by atoms with Gasteiger partial charge in [0.2, 0.25) is 0 Å². The van der Waals surface area contributed by atoms with Crippen molar-refractivity contribution >= 4 is 5.70 Å². The summed E-state index contributed by atoms with van der Waals surface area (Å²) in [5.41, 5.74) is 0.500. The van der Waals surface area contributed by atoms with E-state index in [1.807, 2.05) is 0 Å². The highest BCUT2D eigenvalue weighted by Gasteiger charge is 2.30.